The zero-order valence-corrected chi connectivity index (χ0v) is 19.8. The van der Waals surface area contributed by atoms with Crippen molar-refractivity contribution in [3.63, 3.8) is 0 Å². The van der Waals surface area contributed by atoms with E-state index in [1.165, 1.54) is 6.07 Å². The summed E-state index contributed by atoms with van der Waals surface area (Å²) >= 11 is 1.60. The van der Waals surface area contributed by atoms with E-state index >= 15 is 0 Å². The van der Waals surface area contributed by atoms with E-state index in [4.69, 9.17) is 0 Å². The number of rotatable bonds is 6. The number of carboxylic acids is 1. The van der Waals surface area contributed by atoms with Gasteiger partial charge in [0.05, 0.1) is 0 Å². The number of benzene rings is 1. The highest BCUT2D eigenvalue weighted by Crippen LogP contribution is 2.51. The van der Waals surface area contributed by atoms with Crippen LogP contribution in [0.3, 0.4) is 0 Å². The highest BCUT2D eigenvalue weighted by atomic mass is 32.1. The quantitative estimate of drug-likeness (QED) is 0.470. The molecule has 2 aliphatic carbocycles. The standard InChI is InChI=1S/C27H29FN2O3S/c28-22-3-1-4-23-27(22)21(14-29-23)20(24-5-2-6-34-24)13-25(31)30-18-8-15-7-16(10-18)17(12-26(32)33)11-19(30)9-15/h1-6,14-20,29H,7-13H2,(H,32,33). The van der Waals surface area contributed by atoms with Gasteiger partial charge in [0.15, 0.2) is 0 Å². The lowest BCUT2D eigenvalue weighted by atomic mass is 9.72. The van der Waals surface area contributed by atoms with Crippen molar-refractivity contribution in [2.24, 2.45) is 17.8 Å². The number of halogens is 1. The zero-order chi connectivity index (χ0) is 23.4. The number of nitrogens with one attached hydrogen (secondary N) is 1. The minimum absolute atomic E-state index is 0.120. The smallest absolute Gasteiger partial charge is 0.303 e. The molecule has 7 heteroatoms. The average Bonchev–Trinajstić information content (AvgIpc) is 3.44. The molecular formula is C27H29FN2O3S. The number of carbonyl (C=O) groups excluding carboxylic acids is 1. The monoisotopic (exact) mass is 480 g/mol. The first-order valence-corrected chi connectivity index (χ1v) is 13.2. The number of piperidine rings is 1. The van der Waals surface area contributed by atoms with Gasteiger partial charge in [-0.3, -0.25) is 9.59 Å². The largest absolute Gasteiger partial charge is 0.481 e. The summed E-state index contributed by atoms with van der Waals surface area (Å²) in [7, 11) is 0. The molecule has 2 saturated carbocycles. The van der Waals surface area contributed by atoms with Crippen LogP contribution in [0.5, 0.6) is 0 Å². The van der Waals surface area contributed by atoms with Crippen molar-refractivity contribution >= 4 is 34.1 Å². The summed E-state index contributed by atoms with van der Waals surface area (Å²) in [4.78, 5) is 31.8. The fourth-order valence-corrected chi connectivity index (χ4v) is 8.10. The van der Waals surface area contributed by atoms with Crippen molar-refractivity contribution in [1.82, 2.24) is 9.88 Å². The van der Waals surface area contributed by atoms with Crippen molar-refractivity contribution in [3.8, 4) is 0 Å². The van der Waals surface area contributed by atoms with Gasteiger partial charge >= 0.3 is 5.97 Å². The molecule has 2 N–H and O–H groups in total. The predicted octanol–water partition coefficient (Wildman–Crippen LogP) is 5.77. The van der Waals surface area contributed by atoms with Gasteiger partial charge in [0, 0.05) is 52.8 Å². The summed E-state index contributed by atoms with van der Waals surface area (Å²) in [6, 6.07) is 9.37. The summed E-state index contributed by atoms with van der Waals surface area (Å²) in [6.45, 7) is 0. The van der Waals surface area contributed by atoms with Crippen LogP contribution in [0.4, 0.5) is 4.39 Å². The van der Waals surface area contributed by atoms with Crippen LogP contribution in [0.25, 0.3) is 10.9 Å². The lowest BCUT2D eigenvalue weighted by Gasteiger charge is -2.47. The molecule has 4 heterocycles. The van der Waals surface area contributed by atoms with Crippen LogP contribution in [0.1, 0.15) is 61.3 Å². The first kappa shape index (κ1) is 21.8. The maximum atomic E-state index is 14.9. The lowest BCUT2D eigenvalue weighted by molar-refractivity contribution is -0.141. The van der Waals surface area contributed by atoms with E-state index in [0.29, 0.717) is 23.6 Å². The molecule has 1 aromatic carbocycles. The summed E-state index contributed by atoms with van der Waals surface area (Å²) in [5.41, 5.74) is 1.57. The normalized spacial score (nSPS) is 28.9. The Morgan fingerprint density at radius 1 is 1.12 bits per heavy atom. The highest BCUT2D eigenvalue weighted by molar-refractivity contribution is 7.10. The maximum absolute atomic E-state index is 14.9. The molecule has 4 aliphatic rings. The summed E-state index contributed by atoms with van der Waals surface area (Å²) < 4.78 is 14.9. The number of nitrogens with zero attached hydrogens (tertiary/aromatic N) is 1. The number of amides is 1. The van der Waals surface area contributed by atoms with Crippen molar-refractivity contribution < 1.29 is 19.1 Å². The van der Waals surface area contributed by atoms with Crippen molar-refractivity contribution in [3.05, 3.63) is 58.2 Å². The fourth-order valence-electron chi connectivity index (χ4n) is 7.26. The number of thiophene rings is 1. The second kappa shape index (κ2) is 8.52. The minimum Gasteiger partial charge on any atom is -0.481 e. The van der Waals surface area contributed by atoms with E-state index in [1.54, 1.807) is 17.4 Å². The van der Waals surface area contributed by atoms with Gasteiger partial charge in [-0.25, -0.2) is 4.39 Å². The molecule has 4 fully saturated rings. The first-order valence-electron chi connectivity index (χ1n) is 12.3. The predicted molar refractivity (Wildman–Crippen MR) is 129 cm³/mol. The number of aromatic nitrogens is 1. The molecule has 2 aliphatic heterocycles. The van der Waals surface area contributed by atoms with Crippen LogP contribution >= 0.6 is 11.3 Å². The number of aromatic amines is 1. The average molecular weight is 481 g/mol. The fraction of sp³-hybridized carbons (Fsp3) is 0.481. The third kappa shape index (κ3) is 3.74. The van der Waals surface area contributed by atoms with Crippen LogP contribution in [0.15, 0.2) is 41.9 Å². The number of hydrogen-bond donors (Lipinski definition) is 2. The number of aliphatic carboxylic acids is 1. The van der Waals surface area contributed by atoms with Crippen molar-refractivity contribution in [2.75, 3.05) is 0 Å². The Kier molecular flexibility index (Phi) is 5.47. The second-order valence-corrected chi connectivity index (χ2v) is 11.4. The third-order valence-corrected chi connectivity index (χ3v) is 9.49. The van der Waals surface area contributed by atoms with E-state index in [0.717, 1.165) is 48.1 Å². The number of H-pyrrole nitrogens is 1. The van der Waals surface area contributed by atoms with Gasteiger partial charge in [0.25, 0.3) is 0 Å². The molecule has 5 nitrogen and oxygen atoms in total. The molecule has 7 rings (SSSR count). The maximum Gasteiger partial charge on any atom is 0.303 e. The molecule has 2 aromatic heterocycles. The molecular weight excluding hydrogens is 451 g/mol. The molecule has 0 radical (unpaired) electrons. The third-order valence-electron chi connectivity index (χ3n) is 8.50. The van der Waals surface area contributed by atoms with Gasteiger partial charge in [-0.15, -0.1) is 11.3 Å². The molecule has 6 unspecified atom stereocenters. The van der Waals surface area contributed by atoms with Gasteiger partial charge in [-0.2, -0.15) is 0 Å². The van der Waals surface area contributed by atoms with E-state index in [-0.39, 0.29) is 42.1 Å². The topological polar surface area (TPSA) is 73.4 Å². The summed E-state index contributed by atoms with van der Waals surface area (Å²) in [6.07, 6.45) is 7.20. The molecule has 1 amide bonds. The number of carbonyl (C=O) groups is 2. The minimum atomic E-state index is -0.733. The Morgan fingerprint density at radius 3 is 2.71 bits per heavy atom. The summed E-state index contributed by atoms with van der Waals surface area (Å²) in [5.74, 6) is 0.0598. The highest BCUT2D eigenvalue weighted by Gasteiger charge is 2.49. The van der Waals surface area contributed by atoms with E-state index < -0.39 is 5.97 Å². The Labute approximate surface area is 202 Å². The number of carboxylic acid groups (broad SMARTS) is 1. The van der Waals surface area contributed by atoms with Crippen LogP contribution in [-0.2, 0) is 9.59 Å². The molecule has 0 spiro atoms. The Balaban J connectivity index is 1.32. The molecule has 2 saturated heterocycles. The van der Waals surface area contributed by atoms with Crippen molar-refractivity contribution in [2.45, 2.75) is 62.9 Å². The van der Waals surface area contributed by atoms with E-state index in [1.807, 2.05) is 29.8 Å². The van der Waals surface area contributed by atoms with Crippen LogP contribution in [0.2, 0.25) is 0 Å². The Morgan fingerprint density at radius 2 is 1.94 bits per heavy atom. The van der Waals surface area contributed by atoms with Gasteiger partial charge in [-0.1, -0.05) is 12.1 Å². The number of hydrogen-bond acceptors (Lipinski definition) is 3. The van der Waals surface area contributed by atoms with E-state index in [9.17, 15) is 19.1 Å². The van der Waals surface area contributed by atoms with Crippen molar-refractivity contribution in [1.29, 1.82) is 0 Å². The zero-order valence-electron chi connectivity index (χ0n) is 19.0. The molecule has 178 valence electrons. The molecule has 6 atom stereocenters. The van der Waals surface area contributed by atoms with Gasteiger partial charge < -0.3 is 15.0 Å². The molecule has 34 heavy (non-hydrogen) atoms. The summed E-state index contributed by atoms with van der Waals surface area (Å²) in [5, 5.41) is 12.0. The van der Waals surface area contributed by atoms with Crippen LogP contribution in [-0.4, -0.2) is 39.0 Å². The van der Waals surface area contributed by atoms with E-state index in [2.05, 4.69) is 9.88 Å². The van der Waals surface area contributed by atoms with Gasteiger partial charge in [-0.05, 0) is 79.0 Å². The van der Waals surface area contributed by atoms with Crippen LogP contribution < -0.4 is 0 Å². The first-order chi connectivity index (χ1) is 16.5. The Bertz CT molecular complexity index is 1220. The number of fused-ring (bicyclic) bond motifs is 2. The lowest BCUT2D eigenvalue weighted by Crippen LogP contribution is -2.53. The Hall–Kier alpha value is -2.67. The van der Waals surface area contributed by atoms with Crippen LogP contribution in [0, 0.1) is 23.6 Å². The van der Waals surface area contributed by atoms with Gasteiger partial charge in [0.1, 0.15) is 5.82 Å². The molecule has 4 bridgehead atoms. The van der Waals surface area contributed by atoms with Gasteiger partial charge in [0.2, 0.25) is 5.91 Å². The SMILES string of the molecule is O=C(O)CC1CC2CC3CC1CC(C3)N2C(=O)CC(c1cccs1)c1c[nH]c2cccc(F)c12. The second-order valence-electron chi connectivity index (χ2n) is 10.4. The molecule has 3 aromatic rings.